The molecule has 4 nitrogen and oxygen atoms in total. The van der Waals surface area contributed by atoms with Crippen LogP contribution in [-0.2, 0) is 4.79 Å². The molecule has 0 radical (unpaired) electrons. The van der Waals surface area contributed by atoms with Crippen molar-refractivity contribution in [2.24, 2.45) is 5.92 Å². The fourth-order valence-corrected chi connectivity index (χ4v) is 2.33. The fourth-order valence-electron chi connectivity index (χ4n) is 2.33. The van der Waals surface area contributed by atoms with Gasteiger partial charge in [-0.15, -0.1) is 0 Å². The van der Waals surface area contributed by atoms with Crippen LogP contribution >= 0.6 is 0 Å². The molecule has 1 aliphatic carbocycles. The number of aryl methyl sites for hydroxylation is 2. The molecule has 0 saturated heterocycles. The van der Waals surface area contributed by atoms with E-state index in [1.54, 1.807) is 0 Å². The molecule has 1 heterocycles. The van der Waals surface area contributed by atoms with Gasteiger partial charge in [0.25, 0.3) is 0 Å². The van der Waals surface area contributed by atoms with E-state index in [4.69, 9.17) is 0 Å². The van der Waals surface area contributed by atoms with Crippen molar-refractivity contribution in [1.29, 1.82) is 0 Å². The van der Waals surface area contributed by atoms with E-state index in [1.165, 1.54) is 19.3 Å². The van der Waals surface area contributed by atoms with Gasteiger partial charge in [-0.25, -0.2) is 0 Å². The Morgan fingerprint density at radius 1 is 1.31 bits per heavy atom. The molecule has 1 amide bonds. The molecule has 1 aromatic heterocycles. The summed E-state index contributed by atoms with van der Waals surface area (Å²) in [6.45, 7) is 3.83. The third kappa shape index (κ3) is 2.26. The van der Waals surface area contributed by atoms with Crippen molar-refractivity contribution < 1.29 is 4.79 Å². The minimum atomic E-state index is 0.160. The molecule has 1 aliphatic rings. The van der Waals surface area contributed by atoms with E-state index in [0.717, 1.165) is 29.9 Å². The molecule has 1 saturated carbocycles. The molecule has 16 heavy (non-hydrogen) atoms. The van der Waals surface area contributed by atoms with Gasteiger partial charge in [0.15, 0.2) is 0 Å². The molecule has 2 N–H and O–H groups in total. The number of aromatic nitrogens is 2. The number of hydrogen-bond donors (Lipinski definition) is 2. The van der Waals surface area contributed by atoms with Gasteiger partial charge in [0.1, 0.15) is 0 Å². The van der Waals surface area contributed by atoms with Crippen LogP contribution in [0.5, 0.6) is 0 Å². The lowest BCUT2D eigenvalue weighted by molar-refractivity contribution is -0.120. The first-order chi connectivity index (χ1) is 7.68. The van der Waals surface area contributed by atoms with Crippen LogP contribution < -0.4 is 5.32 Å². The summed E-state index contributed by atoms with van der Waals surface area (Å²) >= 11 is 0. The second-order valence-corrected chi connectivity index (χ2v) is 4.63. The predicted molar refractivity (Wildman–Crippen MR) is 63.3 cm³/mol. The van der Waals surface area contributed by atoms with E-state index in [-0.39, 0.29) is 11.8 Å². The molecule has 0 atom stereocenters. The monoisotopic (exact) mass is 221 g/mol. The Balaban J connectivity index is 2.01. The molecular weight excluding hydrogens is 202 g/mol. The van der Waals surface area contributed by atoms with Gasteiger partial charge in [0, 0.05) is 5.92 Å². The standard InChI is InChI=1S/C12H19N3O/c1-8-11(9(2)15-14-8)13-12(16)10-6-4-3-5-7-10/h10H,3-7H2,1-2H3,(H,13,16)(H,14,15). The van der Waals surface area contributed by atoms with Gasteiger partial charge in [-0.1, -0.05) is 19.3 Å². The highest BCUT2D eigenvalue weighted by Crippen LogP contribution is 2.26. The average Bonchev–Trinajstić information content (AvgIpc) is 2.62. The minimum Gasteiger partial charge on any atom is -0.323 e. The topological polar surface area (TPSA) is 57.8 Å². The molecule has 0 bridgehead atoms. The van der Waals surface area contributed by atoms with Crippen LogP contribution in [-0.4, -0.2) is 16.1 Å². The number of hydrogen-bond acceptors (Lipinski definition) is 2. The lowest BCUT2D eigenvalue weighted by Gasteiger charge is -2.20. The van der Waals surface area contributed by atoms with Crippen molar-refractivity contribution in [3.63, 3.8) is 0 Å². The maximum atomic E-state index is 12.0. The number of nitrogens with zero attached hydrogens (tertiary/aromatic N) is 1. The number of carbonyl (C=O) groups excluding carboxylic acids is 1. The summed E-state index contributed by atoms with van der Waals surface area (Å²) < 4.78 is 0. The molecule has 0 aliphatic heterocycles. The fraction of sp³-hybridized carbons (Fsp3) is 0.667. The smallest absolute Gasteiger partial charge is 0.227 e. The van der Waals surface area contributed by atoms with Crippen LogP contribution in [0, 0.1) is 19.8 Å². The first-order valence-electron chi connectivity index (χ1n) is 6.01. The van der Waals surface area contributed by atoms with Crippen LogP contribution in [0.3, 0.4) is 0 Å². The number of rotatable bonds is 2. The number of H-pyrrole nitrogens is 1. The second-order valence-electron chi connectivity index (χ2n) is 4.63. The molecule has 1 fully saturated rings. The SMILES string of the molecule is Cc1n[nH]c(C)c1NC(=O)C1CCCCC1. The molecule has 4 heteroatoms. The summed E-state index contributed by atoms with van der Waals surface area (Å²) in [4.78, 5) is 12.0. The third-order valence-electron chi connectivity index (χ3n) is 3.35. The molecule has 2 rings (SSSR count). The van der Waals surface area contributed by atoms with Gasteiger partial charge in [-0.2, -0.15) is 5.10 Å². The maximum Gasteiger partial charge on any atom is 0.227 e. The summed E-state index contributed by atoms with van der Waals surface area (Å²) in [6, 6.07) is 0. The van der Waals surface area contributed by atoms with Crippen LogP contribution in [0.2, 0.25) is 0 Å². The lowest BCUT2D eigenvalue weighted by atomic mass is 9.88. The summed E-state index contributed by atoms with van der Waals surface area (Å²) in [5, 5.41) is 9.95. The first kappa shape index (κ1) is 11.2. The Bertz CT molecular complexity index is 358. The van der Waals surface area contributed by atoms with Crippen LogP contribution in [0.25, 0.3) is 0 Å². The summed E-state index contributed by atoms with van der Waals surface area (Å²) in [7, 11) is 0. The van der Waals surface area contributed by atoms with Crippen molar-refractivity contribution in [3.05, 3.63) is 11.4 Å². The Morgan fingerprint density at radius 3 is 2.56 bits per heavy atom. The number of nitrogens with one attached hydrogen (secondary N) is 2. The zero-order valence-electron chi connectivity index (χ0n) is 9.97. The molecule has 0 spiro atoms. The molecule has 88 valence electrons. The highest BCUT2D eigenvalue weighted by molar-refractivity contribution is 5.93. The van der Waals surface area contributed by atoms with Gasteiger partial charge >= 0.3 is 0 Å². The van der Waals surface area contributed by atoms with Gasteiger partial charge in [-0.05, 0) is 26.7 Å². The van der Waals surface area contributed by atoms with Crippen LogP contribution in [0.4, 0.5) is 5.69 Å². The quantitative estimate of drug-likeness (QED) is 0.806. The van der Waals surface area contributed by atoms with Gasteiger partial charge in [0.05, 0.1) is 17.1 Å². The van der Waals surface area contributed by atoms with Gasteiger partial charge in [0.2, 0.25) is 5.91 Å². The number of anilines is 1. The third-order valence-corrected chi connectivity index (χ3v) is 3.35. The van der Waals surface area contributed by atoms with E-state index in [9.17, 15) is 4.79 Å². The molecule has 1 aromatic rings. The van der Waals surface area contributed by atoms with E-state index in [1.807, 2.05) is 13.8 Å². The van der Waals surface area contributed by atoms with E-state index in [2.05, 4.69) is 15.5 Å². The number of amides is 1. The molecule has 0 aromatic carbocycles. The zero-order valence-corrected chi connectivity index (χ0v) is 9.97. The Labute approximate surface area is 95.8 Å². The number of carbonyl (C=O) groups is 1. The molecular formula is C12H19N3O. The highest BCUT2D eigenvalue weighted by atomic mass is 16.1. The molecule has 0 unspecified atom stereocenters. The largest absolute Gasteiger partial charge is 0.323 e. The van der Waals surface area contributed by atoms with Crippen molar-refractivity contribution in [2.75, 3.05) is 5.32 Å². The van der Waals surface area contributed by atoms with E-state index >= 15 is 0 Å². The maximum absolute atomic E-state index is 12.0. The van der Waals surface area contributed by atoms with Crippen LogP contribution in [0.15, 0.2) is 0 Å². The van der Waals surface area contributed by atoms with Crippen molar-refractivity contribution in [1.82, 2.24) is 10.2 Å². The second kappa shape index (κ2) is 4.68. The summed E-state index contributed by atoms with van der Waals surface area (Å²) in [5.41, 5.74) is 2.65. The van der Waals surface area contributed by atoms with Gasteiger partial charge < -0.3 is 5.32 Å². The summed E-state index contributed by atoms with van der Waals surface area (Å²) in [5.74, 6) is 0.356. The van der Waals surface area contributed by atoms with E-state index < -0.39 is 0 Å². The highest BCUT2D eigenvalue weighted by Gasteiger charge is 2.22. The van der Waals surface area contributed by atoms with Crippen molar-refractivity contribution in [3.8, 4) is 0 Å². The predicted octanol–water partition coefficient (Wildman–Crippen LogP) is 2.55. The Morgan fingerprint density at radius 2 is 2.00 bits per heavy atom. The Hall–Kier alpha value is -1.32. The summed E-state index contributed by atoms with van der Waals surface area (Å²) in [6.07, 6.45) is 5.69. The Kier molecular flexibility index (Phi) is 3.27. The van der Waals surface area contributed by atoms with Crippen molar-refractivity contribution >= 4 is 11.6 Å². The van der Waals surface area contributed by atoms with Crippen LogP contribution in [0.1, 0.15) is 43.5 Å². The van der Waals surface area contributed by atoms with Gasteiger partial charge in [-0.3, -0.25) is 9.89 Å². The lowest BCUT2D eigenvalue weighted by Crippen LogP contribution is -2.25. The van der Waals surface area contributed by atoms with E-state index in [0.29, 0.717) is 0 Å². The number of aromatic amines is 1. The zero-order chi connectivity index (χ0) is 11.5. The average molecular weight is 221 g/mol. The van der Waals surface area contributed by atoms with Crippen molar-refractivity contribution in [2.45, 2.75) is 46.0 Å². The normalized spacial score (nSPS) is 17.4. The first-order valence-corrected chi connectivity index (χ1v) is 6.01. The minimum absolute atomic E-state index is 0.160.